The molecule has 0 spiro atoms. The van der Waals surface area contributed by atoms with Crippen molar-refractivity contribution in [2.24, 2.45) is 5.92 Å². The van der Waals surface area contributed by atoms with Gasteiger partial charge in [0.15, 0.2) is 0 Å². The van der Waals surface area contributed by atoms with E-state index in [0.29, 0.717) is 0 Å². The topological polar surface area (TPSA) is 90.8 Å². The van der Waals surface area contributed by atoms with Crippen molar-refractivity contribution in [3.05, 3.63) is 42.4 Å². The fourth-order valence-electron chi connectivity index (χ4n) is 4.81. The molecule has 0 amide bonds. The molecule has 0 bridgehead atoms. The summed E-state index contributed by atoms with van der Waals surface area (Å²) in [6.45, 7) is 8.70. The van der Waals surface area contributed by atoms with Crippen molar-refractivity contribution in [1.82, 2.24) is 25.1 Å². The van der Waals surface area contributed by atoms with Gasteiger partial charge in [-0.2, -0.15) is 13.2 Å². The van der Waals surface area contributed by atoms with Crippen LogP contribution in [0, 0.1) is 5.92 Å². The van der Waals surface area contributed by atoms with Gasteiger partial charge in [-0.1, -0.05) is 6.42 Å². The molecule has 39 heavy (non-hydrogen) atoms. The molecule has 2 aliphatic heterocycles. The third-order valence-corrected chi connectivity index (χ3v) is 6.89. The molecule has 2 aliphatic rings. The molecule has 1 aromatic carbocycles. The first kappa shape index (κ1) is 30.8. The van der Waals surface area contributed by atoms with E-state index in [1.807, 2.05) is 24.5 Å². The number of carboxylic acids is 1. The quantitative estimate of drug-likeness (QED) is 0.419. The number of piperidine rings is 2. The Labute approximate surface area is 228 Å². The number of rotatable bonds is 10. The van der Waals surface area contributed by atoms with Gasteiger partial charge in [-0.05, 0) is 95.5 Å². The zero-order valence-corrected chi connectivity index (χ0v) is 22.6. The normalized spacial score (nSPS) is 16.9. The van der Waals surface area contributed by atoms with Crippen LogP contribution in [0.15, 0.2) is 36.7 Å². The maximum atomic E-state index is 10.6. The van der Waals surface area contributed by atoms with Crippen molar-refractivity contribution in [3.63, 3.8) is 0 Å². The summed E-state index contributed by atoms with van der Waals surface area (Å²) in [5, 5.41) is 10.6. The fourth-order valence-corrected chi connectivity index (χ4v) is 4.81. The van der Waals surface area contributed by atoms with E-state index in [4.69, 9.17) is 14.6 Å². The number of ether oxygens (including phenoxy) is 1. The van der Waals surface area contributed by atoms with Crippen LogP contribution in [-0.4, -0.2) is 89.9 Å². The average Bonchev–Trinajstić information content (AvgIpc) is 2.93. The van der Waals surface area contributed by atoms with E-state index in [9.17, 15) is 13.2 Å². The number of likely N-dealkylation sites (tertiary alicyclic amines) is 1. The highest BCUT2D eigenvalue weighted by Gasteiger charge is 2.38. The van der Waals surface area contributed by atoms with Crippen LogP contribution < -0.4 is 10.1 Å². The van der Waals surface area contributed by atoms with E-state index in [2.05, 4.69) is 44.3 Å². The van der Waals surface area contributed by atoms with Gasteiger partial charge in [-0.15, -0.1) is 0 Å². The summed E-state index contributed by atoms with van der Waals surface area (Å²) in [4.78, 5) is 23.2. The SMILES string of the molecule is CN(Cc1cnc(-c2ccc(OCCCN3CCCCC3)cc2)cn1)CC1CCNCC1.O=C(O)C(F)(F)F. The van der Waals surface area contributed by atoms with E-state index in [1.165, 1.54) is 45.2 Å². The predicted molar refractivity (Wildman–Crippen MR) is 143 cm³/mol. The summed E-state index contributed by atoms with van der Waals surface area (Å²) in [6.07, 6.45) is 6.44. The summed E-state index contributed by atoms with van der Waals surface area (Å²) >= 11 is 0. The number of benzene rings is 1. The van der Waals surface area contributed by atoms with Crippen molar-refractivity contribution >= 4 is 5.97 Å². The number of nitrogens with zero attached hydrogens (tertiary/aromatic N) is 4. The van der Waals surface area contributed by atoms with Gasteiger partial charge in [0, 0.05) is 25.2 Å². The van der Waals surface area contributed by atoms with Gasteiger partial charge in [-0.3, -0.25) is 9.97 Å². The lowest BCUT2D eigenvalue weighted by molar-refractivity contribution is -0.192. The molecule has 2 fully saturated rings. The molecule has 0 atom stereocenters. The molecule has 0 unspecified atom stereocenters. The van der Waals surface area contributed by atoms with Crippen LogP contribution >= 0.6 is 0 Å². The van der Waals surface area contributed by atoms with Gasteiger partial charge < -0.3 is 25.0 Å². The Hall–Kier alpha value is -2.76. The van der Waals surface area contributed by atoms with E-state index in [0.717, 1.165) is 74.4 Å². The molecule has 0 saturated carbocycles. The highest BCUT2D eigenvalue weighted by atomic mass is 19.4. The number of hydrogen-bond acceptors (Lipinski definition) is 7. The molecular formula is C28H40F3N5O3. The molecule has 2 aromatic rings. The van der Waals surface area contributed by atoms with Crippen LogP contribution in [-0.2, 0) is 11.3 Å². The van der Waals surface area contributed by atoms with Crippen LogP contribution in [0.2, 0.25) is 0 Å². The molecule has 2 N–H and O–H groups in total. The Morgan fingerprint density at radius 2 is 1.77 bits per heavy atom. The first-order valence-corrected chi connectivity index (χ1v) is 13.7. The molecule has 1 aromatic heterocycles. The molecule has 216 valence electrons. The zero-order valence-electron chi connectivity index (χ0n) is 22.6. The lowest BCUT2D eigenvalue weighted by Gasteiger charge is -2.27. The molecule has 4 rings (SSSR count). The van der Waals surface area contributed by atoms with Crippen molar-refractivity contribution in [2.45, 2.75) is 51.2 Å². The predicted octanol–water partition coefficient (Wildman–Crippen LogP) is 4.46. The van der Waals surface area contributed by atoms with Gasteiger partial charge in [0.05, 0.1) is 30.4 Å². The van der Waals surface area contributed by atoms with E-state index >= 15 is 0 Å². The Morgan fingerprint density at radius 3 is 2.36 bits per heavy atom. The lowest BCUT2D eigenvalue weighted by atomic mass is 9.98. The molecular weight excluding hydrogens is 511 g/mol. The van der Waals surface area contributed by atoms with Crippen molar-refractivity contribution < 1.29 is 27.8 Å². The zero-order chi connectivity index (χ0) is 28.1. The monoisotopic (exact) mass is 551 g/mol. The largest absolute Gasteiger partial charge is 0.494 e. The Bertz CT molecular complexity index is 977. The minimum absolute atomic E-state index is 0.773. The number of alkyl halides is 3. The number of hydrogen-bond donors (Lipinski definition) is 2. The summed E-state index contributed by atoms with van der Waals surface area (Å²) < 4.78 is 37.7. The third kappa shape index (κ3) is 11.5. The van der Waals surface area contributed by atoms with Crippen molar-refractivity contribution in [3.8, 4) is 17.0 Å². The Balaban J connectivity index is 0.000000532. The number of nitrogens with one attached hydrogen (secondary N) is 1. The molecule has 8 nitrogen and oxygen atoms in total. The Morgan fingerprint density at radius 1 is 1.10 bits per heavy atom. The van der Waals surface area contributed by atoms with Crippen LogP contribution in [0.3, 0.4) is 0 Å². The highest BCUT2D eigenvalue weighted by molar-refractivity contribution is 5.73. The number of aromatic nitrogens is 2. The summed E-state index contributed by atoms with van der Waals surface area (Å²) in [7, 11) is 2.18. The third-order valence-electron chi connectivity index (χ3n) is 6.89. The van der Waals surface area contributed by atoms with Gasteiger partial charge in [0.1, 0.15) is 5.75 Å². The smallest absolute Gasteiger partial charge is 0.490 e. The first-order chi connectivity index (χ1) is 18.7. The standard InChI is InChI=1S/C26H39N5O.C2HF3O2/c1-30(20-22-10-12-27-13-11-22)21-24-18-29-26(19-28-24)23-6-8-25(9-7-23)32-17-5-16-31-14-3-2-4-15-31;3-2(4,5)1(6)7/h6-9,18-19,22,27H,2-5,10-17,20-21H2,1H3;(H,6,7). The maximum absolute atomic E-state index is 10.6. The summed E-state index contributed by atoms with van der Waals surface area (Å²) in [6, 6.07) is 8.23. The van der Waals surface area contributed by atoms with Gasteiger partial charge in [-0.25, -0.2) is 4.79 Å². The second kappa shape index (κ2) is 15.7. The van der Waals surface area contributed by atoms with Gasteiger partial charge in [0.25, 0.3) is 0 Å². The number of aliphatic carboxylic acids is 1. The number of carbonyl (C=O) groups is 1. The minimum atomic E-state index is -5.08. The van der Waals surface area contributed by atoms with Crippen molar-refractivity contribution in [1.29, 1.82) is 0 Å². The fraction of sp³-hybridized carbons (Fsp3) is 0.607. The second-order valence-electron chi connectivity index (χ2n) is 10.2. The van der Waals surface area contributed by atoms with Crippen LogP contribution in [0.1, 0.15) is 44.2 Å². The molecule has 2 saturated heterocycles. The number of carboxylic acid groups (broad SMARTS) is 1. The lowest BCUT2D eigenvalue weighted by Crippen LogP contribution is -2.34. The van der Waals surface area contributed by atoms with Gasteiger partial charge >= 0.3 is 12.1 Å². The van der Waals surface area contributed by atoms with E-state index < -0.39 is 12.1 Å². The van der Waals surface area contributed by atoms with Crippen LogP contribution in [0.4, 0.5) is 13.2 Å². The first-order valence-electron chi connectivity index (χ1n) is 13.7. The Kier molecular flexibility index (Phi) is 12.4. The minimum Gasteiger partial charge on any atom is -0.494 e. The van der Waals surface area contributed by atoms with Gasteiger partial charge in [0.2, 0.25) is 0 Å². The maximum Gasteiger partial charge on any atom is 0.490 e. The van der Waals surface area contributed by atoms with Crippen molar-refractivity contribution in [2.75, 3.05) is 52.9 Å². The molecule has 0 aliphatic carbocycles. The average molecular weight is 552 g/mol. The second-order valence-corrected chi connectivity index (χ2v) is 10.2. The summed E-state index contributed by atoms with van der Waals surface area (Å²) in [5.74, 6) is -1.04. The van der Waals surface area contributed by atoms with E-state index in [1.54, 1.807) is 0 Å². The number of halogens is 3. The molecule has 3 heterocycles. The highest BCUT2D eigenvalue weighted by Crippen LogP contribution is 2.21. The molecule has 0 radical (unpaired) electrons. The van der Waals surface area contributed by atoms with Crippen LogP contribution in [0.5, 0.6) is 5.75 Å². The summed E-state index contributed by atoms with van der Waals surface area (Å²) in [5.41, 5.74) is 3.01. The molecule has 11 heteroatoms. The van der Waals surface area contributed by atoms with Crippen LogP contribution in [0.25, 0.3) is 11.3 Å². The van der Waals surface area contributed by atoms with E-state index in [-0.39, 0.29) is 0 Å².